The van der Waals surface area contributed by atoms with Crippen LogP contribution in [0.2, 0.25) is 0 Å². The predicted octanol–water partition coefficient (Wildman–Crippen LogP) is 10.4. The summed E-state index contributed by atoms with van der Waals surface area (Å²) in [4.78, 5) is 112. The first kappa shape index (κ1) is 74.3. The lowest BCUT2D eigenvalue weighted by atomic mass is 9.96. The quantitative estimate of drug-likeness (QED) is 0.0338. The molecule has 11 rings (SSSR count). The number of hydrogen-bond acceptors (Lipinski definition) is 16. The number of nitrogens with zero attached hydrogens (tertiary/aromatic N) is 5. The molecule has 0 fully saturated rings. The first-order valence-electron chi connectivity index (χ1n) is 28.5. The van der Waals surface area contributed by atoms with E-state index in [1.807, 2.05) is 182 Å². The lowest BCUT2D eigenvalue weighted by Gasteiger charge is -2.21. The number of Topliss-reactive ketones (excluding diaryl/α,β-unsaturated/α-hetero) is 3. The second-order valence-electron chi connectivity index (χ2n) is 19.8. The zero-order valence-corrected chi connectivity index (χ0v) is 52.9. The number of esters is 1. The summed E-state index contributed by atoms with van der Waals surface area (Å²) in [6.45, 7) is 5.46. The van der Waals surface area contributed by atoms with E-state index < -0.39 is 5.97 Å². The molecule has 20 heteroatoms. The van der Waals surface area contributed by atoms with Crippen LogP contribution in [-0.4, -0.2) is 115 Å². The molecular formula is C72H74BrClN8O10. The maximum Gasteiger partial charge on any atom is 0.344 e. The molecule has 3 heterocycles. The molecule has 6 N–H and O–H groups in total. The van der Waals surface area contributed by atoms with Crippen LogP contribution in [-0.2, 0) is 49.6 Å². The zero-order chi connectivity index (χ0) is 64.8. The van der Waals surface area contributed by atoms with Crippen LogP contribution in [0.3, 0.4) is 0 Å². The van der Waals surface area contributed by atoms with E-state index in [4.69, 9.17) is 17.4 Å². The molecule has 0 aliphatic carbocycles. The van der Waals surface area contributed by atoms with Crippen molar-refractivity contribution in [2.75, 3.05) is 66.7 Å². The Hall–Kier alpha value is -10.2. The van der Waals surface area contributed by atoms with Crippen molar-refractivity contribution < 1.29 is 47.9 Å². The highest BCUT2D eigenvalue weighted by Gasteiger charge is 2.28. The van der Waals surface area contributed by atoms with Crippen LogP contribution >= 0.6 is 28.3 Å². The summed E-state index contributed by atoms with van der Waals surface area (Å²) >= 11 is 2.94. The number of fused-ring (bicyclic) bond motifs is 3. The molecule has 92 heavy (non-hydrogen) atoms. The van der Waals surface area contributed by atoms with E-state index in [1.54, 1.807) is 43.3 Å². The molecule has 8 aromatic carbocycles. The SMILES string of the molecule is C.CC(=O)CN.CC(=O)CN1C(=O)CN=C(c2ccccc2)c2ccccc21.CCOC(=O)CBr.Cl.NOC(=O)CN1C(=O)CN=C(c2ccccc2)c2ccccc21.Nc1ccccc1C(=O)c1ccccc1.O=C1CN=C(c2ccccc2)c2ccccc2C1. The van der Waals surface area contributed by atoms with Crippen LogP contribution in [0.25, 0.3) is 0 Å². The van der Waals surface area contributed by atoms with Gasteiger partial charge in [0.15, 0.2) is 11.6 Å². The van der Waals surface area contributed by atoms with Crippen molar-refractivity contribution in [3.8, 4) is 0 Å². The summed E-state index contributed by atoms with van der Waals surface area (Å²) in [5.41, 5.74) is 22.8. The number of aliphatic imine (C=N–C) groups is 3. The van der Waals surface area contributed by atoms with Crippen molar-refractivity contribution in [3.63, 3.8) is 0 Å². The summed E-state index contributed by atoms with van der Waals surface area (Å²) in [7, 11) is 0. The fourth-order valence-corrected chi connectivity index (χ4v) is 9.22. The molecule has 2 amide bonds. The Morgan fingerprint density at radius 3 is 1.33 bits per heavy atom. The third kappa shape index (κ3) is 22.1. The van der Waals surface area contributed by atoms with Crippen LogP contribution in [0.5, 0.6) is 0 Å². The molecule has 18 nitrogen and oxygen atoms in total. The predicted molar refractivity (Wildman–Crippen MR) is 369 cm³/mol. The summed E-state index contributed by atoms with van der Waals surface area (Å²) in [5, 5.41) is 0.292. The van der Waals surface area contributed by atoms with Gasteiger partial charge in [-0.1, -0.05) is 217 Å². The number of hydrogen-bond donors (Lipinski definition) is 3. The largest absolute Gasteiger partial charge is 0.465 e. The molecule has 0 bridgehead atoms. The van der Waals surface area contributed by atoms with E-state index in [-0.39, 0.29) is 100 Å². The van der Waals surface area contributed by atoms with E-state index in [2.05, 4.69) is 40.5 Å². The molecular weight excluding hydrogens is 1250 g/mol. The van der Waals surface area contributed by atoms with Gasteiger partial charge in [0.2, 0.25) is 11.8 Å². The maximum atomic E-state index is 12.4. The van der Waals surface area contributed by atoms with Gasteiger partial charge in [0.1, 0.15) is 36.5 Å². The van der Waals surface area contributed by atoms with Gasteiger partial charge in [-0.05, 0) is 50.6 Å². The average Bonchev–Trinajstić information content (AvgIpc) is 2.01. The molecule has 0 aromatic heterocycles. The van der Waals surface area contributed by atoms with Crippen LogP contribution in [0.1, 0.15) is 83.1 Å². The number of carbonyl (C=O) groups is 8. The number of ether oxygens (including phenoxy) is 1. The van der Waals surface area contributed by atoms with Crippen molar-refractivity contribution in [1.82, 2.24) is 0 Å². The zero-order valence-electron chi connectivity index (χ0n) is 50.5. The molecule has 0 atom stereocenters. The van der Waals surface area contributed by atoms with Crippen molar-refractivity contribution >= 4 is 109 Å². The van der Waals surface area contributed by atoms with Crippen molar-refractivity contribution in [3.05, 3.63) is 268 Å². The van der Waals surface area contributed by atoms with Gasteiger partial charge in [0, 0.05) is 56.6 Å². The molecule has 3 aliphatic heterocycles. The van der Waals surface area contributed by atoms with Gasteiger partial charge >= 0.3 is 11.9 Å². The van der Waals surface area contributed by atoms with Crippen molar-refractivity contribution in [2.24, 2.45) is 26.6 Å². The molecule has 0 spiro atoms. The van der Waals surface area contributed by atoms with Crippen molar-refractivity contribution in [1.29, 1.82) is 0 Å². The van der Waals surface area contributed by atoms with Crippen LogP contribution in [0.15, 0.2) is 233 Å². The Bertz CT molecular complexity index is 3870. The second kappa shape index (κ2) is 39.1. The number of amides is 2. The number of nitrogen functional groups attached to an aromatic ring is 1. The van der Waals surface area contributed by atoms with Gasteiger partial charge in [0.25, 0.3) is 0 Å². The molecule has 0 saturated carbocycles. The minimum atomic E-state index is -0.684. The molecule has 476 valence electrons. The Morgan fingerprint density at radius 1 is 0.511 bits per heavy atom. The van der Waals surface area contributed by atoms with E-state index >= 15 is 0 Å². The normalized spacial score (nSPS) is 12.4. The fourth-order valence-electron chi connectivity index (χ4n) is 9.06. The van der Waals surface area contributed by atoms with E-state index in [9.17, 15) is 38.4 Å². The number of rotatable bonds is 12. The smallest absolute Gasteiger partial charge is 0.344 e. The van der Waals surface area contributed by atoms with E-state index in [0.29, 0.717) is 40.9 Å². The minimum absolute atomic E-state index is 0. The number of halogens is 2. The first-order chi connectivity index (χ1) is 43.6. The van der Waals surface area contributed by atoms with Gasteiger partial charge in [-0.15, -0.1) is 12.4 Å². The maximum absolute atomic E-state index is 12.4. The van der Waals surface area contributed by atoms with Gasteiger partial charge in [-0.25, -0.2) is 4.79 Å². The van der Waals surface area contributed by atoms with E-state index in [0.717, 1.165) is 61.8 Å². The number of benzodiazepines with no additional fused rings is 2. The Kier molecular flexibility index (Phi) is 31.5. The Labute approximate surface area is 550 Å². The summed E-state index contributed by atoms with van der Waals surface area (Å²) in [6, 6.07) is 68.6. The fraction of sp³-hybridized carbons (Fsp3) is 0.181. The topological polar surface area (TPSA) is 277 Å². The molecule has 3 aliphatic rings. The Morgan fingerprint density at radius 2 is 0.902 bits per heavy atom. The molecule has 0 unspecified atom stereocenters. The molecule has 8 aromatic rings. The van der Waals surface area contributed by atoms with Gasteiger partial charge < -0.3 is 25.9 Å². The molecule has 0 saturated heterocycles. The third-order valence-corrected chi connectivity index (χ3v) is 13.7. The second-order valence-corrected chi connectivity index (χ2v) is 20.3. The number of ketones is 4. The number of carbonyl (C=O) groups excluding carboxylic acids is 8. The minimum Gasteiger partial charge on any atom is -0.465 e. The summed E-state index contributed by atoms with van der Waals surface area (Å²) < 4.78 is 4.51. The highest BCUT2D eigenvalue weighted by atomic mass is 79.9. The van der Waals surface area contributed by atoms with Gasteiger partial charge in [-0.2, -0.15) is 5.90 Å². The lowest BCUT2D eigenvalue weighted by Crippen LogP contribution is -2.38. The average molecular weight is 1330 g/mol. The highest BCUT2D eigenvalue weighted by molar-refractivity contribution is 9.09. The third-order valence-electron chi connectivity index (χ3n) is 13.2. The van der Waals surface area contributed by atoms with Crippen LogP contribution in [0.4, 0.5) is 17.1 Å². The number of para-hydroxylation sites is 3. The lowest BCUT2D eigenvalue weighted by molar-refractivity contribution is -0.143. The van der Waals surface area contributed by atoms with Crippen LogP contribution in [0, 0.1) is 0 Å². The number of nitrogens with two attached hydrogens (primary N) is 3. The Balaban J connectivity index is 0.000000247. The van der Waals surface area contributed by atoms with E-state index in [1.165, 1.54) is 23.6 Å². The highest BCUT2D eigenvalue weighted by Crippen LogP contribution is 2.29. The number of anilines is 3. The first-order valence-corrected chi connectivity index (χ1v) is 29.6. The number of benzene rings is 8. The number of alkyl halides is 1. The van der Waals surface area contributed by atoms with Gasteiger partial charge in [0.05, 0.1) is 54.8 Å². The van der Waals surface area contributed by atoms with Crippen molar-refractivity contribution in [2.45, 2.75) is 34.6 Å². The van der Waals surface area contributed by atoms with Gasteiger partial charge in [-0.3, -0.25) is 53.4 Å². The van der Waals surface area contributed by atoms with Crippen LogP contribution < -0.4 is 27.2 Å². The molecule has 0 radical (unpaired) electrons. The monoisotopic (exact) mass is 1320 g/mol. The summed E-state index contributed by atoms with van der Waals surface area (Å²) in [5.74, 6) is 3.69. The summed E-state index contributed by atoms with van der Waals surface area (Å²) in [6.07, 6.45) is 0.482. The standard InChI is InChI=1S/C18H16N2O2.C17H15N3O3.C16H13NO.C13H11NO.C4H7BrO2.C3H7NO.CH4.ClH/c1-13(21)12-20-16-10-6-5-9-15(16)18(19-11-17(20)22)14-7-3-2-4-8-14;18-23-16(22)11-20-14-9-5-4-8-13(14)17(19-10-15(20)21)12-6-2-1-3-7-12;18-14-10-13-8-4-5-9-15(13)16(17-11-14)12-6-2-1-3-7-12;14-12-9-5-4-8-11(12)13(15)10-6-2-1-3-7-10;1-2-7-4(6)3-5;1-3(5)2-4;;/h2-10H,11-12H2,1H3;1-9H,10-11,18H2;1-9H,10-11H2;1-9H,14H2;2-3H2,1H3;2,4H2,1H3;1H4;1H.